The highest BCUT2D eigenvalue weighted by Gasteiger charge is 2.21. The van der Waals surface area contributed by atoms with Crippen molar-refractivity contribution in [3.8, 4) is 0 Å². The van der Waals surface area contributed by atoms with Crippen LogP contribution >= 0.6 is 23.4 Å². The molecule has 4 rings (SSSR count). The standard InChI is InChI=1S/C19H14ClN3O5S2/c20-13-5-6-17(29-11-14-7-8-23(21-14)19(24)25)15(10-13)22-30(26,27)18-9-12-3-1-2-4-16(12)28-18/h1-10,22H,11H2,(H,24,25). The number of para-hydroxylation sites is 1. The van der Waals surface area contributed by atoms with Crippen LogP contribution in [0.15, 0.2) is 75.2 Å². The van der Waals surface area contributed by atoms with E-state index in [1.54, 1.807) is 42.5 Å². The summed E-state index contributed by atoms with van der Waals surface area (Å²) in [6.07, 6.45) is 0.155. The fraction of sp³-hybridized carbons (Fsp3) is 0.0526. The van der Waals surface area contributed by atoms with Crippen LogP contribution in [0.1, 0.15) is 5.69 Å². The average molecular weight is 464 g/mol. The molecular formula is C19H14ClN3O5S2. The summed E-state index contributed by atoms with van der Waals surface area (Å²) in [4.78, 5) is 11.5. The van der Waals surface area contributed by atoms with E-state index < -0.39 is 16.1 Å². The number of aromatic nitrogens is 2. The first-order chi connectivity index (χ1) is 14.3. The van der Waals surface area contributed by atoms with Gasteiger partial charge in [-0.1, -0.05) is 29.8 Å². The largest absolute Gasteiger partial charge is 0.463 e. The number of furan rings is 1. The Morgan fingerprint density at radius 1 is 1.20 bits per heavy atom. The SMILES string of the molecule is O=C(O)n1ccc(CSc2ccc(Cl)cc2NS(=O)(=O)c2cc3ccccc3o2)n1. The molecule has 0 radical (unpaired) electrons. The Kier molecular flexibility index (Phi) is 5.46. The highest BCUT2D eigenvalue weighted by Crippen LogP contribution is 2.34. The van der Waals surface area contributed by atoms with Crippen molar-refractivity contribution in [2.45, 2.75) is 15.7 Å². The van der Waals surface area contributed by atoms with Gasteiger partial charge in [-0.2, -0.15) is 18.2 Å². The van der Waals surface area contributed by atoms with Gasteiger partial charge in [-0.15, -0.1) is 11.8 Å². The average Bonchev–Trinajstić information content (AvgIpc) is 3.34. The molecule has 0 aliphatic heterocycles. The van der Waals surface area contributed by atoms with Crippen LogP contribution in [0.4, 0.5) is 10.5 Å². The second-order valence-electron chi connectivity index (χ2n) is 6.17. The Morgan fingerprint density at radius 3 is 2.73 bits per heavy atom. The summed E-state index contributed by atoms with van der Waals surface area (Å²) in [7, 11) is -3.99. The van der Waals surface area contributed by atoms with Crippen LogP contribution in [0.3, 0.4) is 0 Å². The fourth-order valence-corrected chi connectivity index (χ4v) is 4.85. The van der Waals surface area contributed by atoms with E-state index in [-0.39, 0.29) is 10.8 Å². The number of rotatable bonds is 6. The predicted molar refractivity (Wildman–Crippen MR) is 114 cm³/mol. The molecule has 0 aliphatic carbocycles. The monoisotopic (exact) mass is 463 g/mol. The van der Waals surface area contributed by atoms with Crippen molar-refractivity contribution in [2.75, 3.05) is 4.72 Å². The summed E-state index contributed by atoms with van der Waals surface area (Å²) in [5, 5.41) is 13.7. The van der Waals surface area contributed by atoms with Gasteiger partial charge in [0.05, 0.1) is 11.4 Å². The second-order valence-corrected chi connectivity index (χ2v) is 9.24. The highest BCUT2D eigenvalue weighted by molar-refractivity contribution is 7.98. The Balaban J connectivity index is 1.58. The zero-order valence-corrected chi connectivity index (χ0v) is 17.5. The number of hydrogen-bond acceptors (Lipinski definition) is 6. The smallest absolute Gasteiger partial charge is 0.432 e. The normalized spacial score (nSPS) is 11.6. The molecule has 30 heavy (non-hydrogen) atoms. The van der Waals surface area contributed by atoms with Gasteiger partial charge in [0.2, 0.25) is 5.09 Å². The van der Waals surface area contributed by atoms with E-state index >= 15 is 0 Å². The van der Waals surface area contributed by atoms with Crippen LogP contribution in [0.25, 0.3) is 11.0 Å². The van der Waals surface area contributed by atoms with E-state index in [1.165, 1.54) is 30.1 Å². The molecule has 2 heterocycles. The third-order valence-electron chi connectivity index (χ3n) is 4.07. The number of hydrogen-bond donors (Lipinski definition) is 2. The molecule has 2 N–H and O–H groups in total. The van der Waals surface area contributed by atoms with Crippen molar-refractivity contribution in [3.63, 3.8) is 0 Å². The molecule has 0 fully saturated rings. The van der Waals surface area contributed by atoms with Gasteiger partial charge in [0.25, 0.3) is 10.0 Å². The lowest BCUT2D eigenvalue weighted by atomic mass is 10.3. The second kappa shape index (κ2) is 8.05. The Morgan fingerprint density at radius 2 is 2.00 bits per heavy atom. The molecule has 0 saturated carbocycles. The lowest BCUT2D eigenvalue weighted by Gasteiger charge is -2.11. The minimum Gasteiger partial charge on any atom is -0.463 e. The molecule has 0 aliphatic rings. The summed E-state index contributed by atoms with van der Waals surface area (Å²) in [5.74, 6) is 0.335. The lowest BCUT2D eigenvalue weighted by molar-refractivity contribution is 0.192. The van der Waals surface area contributed by atoms with Crippen LogP contribution in [0.2, 0.25) is 5.02 Å². The summed E-state index contributed by atoms with van der Waals surface area (Å²) in [6.45, 7) is 0. The molecular weight excluding hydrogens is 450 g/mol. The maximum absolute atomic E-state index is 12.8. The van der Waals surface area contributed by atoms with Gasteiger partial charge in [0, 0.05) is 33.3 Å². The topological polar surface area (TPSA) is 114 Å². The number of carboxylic acid groups (broad SMARTS) is 1. The number of anilines is 1. The van der Waals surface area contributed by atoms with Crippen molar-refractivity contribution in [3.05, 3.63) is 71.5 Å². The number of thioether (sulfide) groups is 1. The number of nitrogens with zero attached hydrogens (tertiary/aromatic N) is 2. The maximum Gasteiger partial charge on any atom is 0.432 e. The van der Waals surface area contributed by atoms with Crippen LogP contribution < -0.4 is 4.72 Å². The predicted octanol–water partition coefficient (Wildman–Crippen LogP) is 4.90. The number of sulfonamides is 1. The van der Waals surface area contributed by atoms with Gasteiger partial charge < -0.3 is 9.52 Å². The third-order valence-corrected chi connectivity index (χ3v) is 6.63. The minimum absolute atomic E-state index is 0.208. The van der Waals surface area contributed by atoms with Gasteiger partial charge in [0.1, 0.15) is 5.58 Å². The van der Waals surface area contributed by atoms with E-state index in [2.05, 4.69) is 9.82 Å². The summed E-state index contributed by atoms with van der Waals surface area (Å²) < 4.78 is 34.5. The van der Waals surface area contributed by atoms with Crippen molar-refractivity contribution < 1.29 is 22.7 Å². The van der Waals surface area contributed by atoms with E-state index in [0.29, 0.717) is 32.3 Å². The molecule has 0 atom stereocenters. The zero-order valence-electron chi connectivity index (χ0n) is 15.1. The molecule has 0 spiro atoms. The molecule has 11 heteroatoms. The van der Waals surface area contributed by atoms with Gasteiger partial charge in [0.15, 0.2) is 0 Å². The van der Waals surface area contributed by atoms with Gasteiger partial charge >= 0.3 is 6.09 Å². The Labute approximate surface area is 180 Å². The molecule has 2 aromatic heterocycles. The van der Waals surface area contributed by atoms with Crippen LogP contribution in [0, 0.1) is 0 Å². The molecule has 154 valence electrons. The minimum atomic E-state index is -3.99. The van der Waals surface area contributed by atoms with Gasteiger partial charge in [-0.05, 0) is 30.3 Å². The van der Waals surface area contributed by atoms with E-state index in [0.717, 1.165) is 4.68 Å². The van der Waals surface area contributed by atoms with Crippen molar-refractivity contribution in [1.29, 1.82) is 0 Å². The van der Waals surface area contributed by atoms with E-state index in [1.807, 2.05) is 0 Å². The fourth-order valence-electron chi connectivity index (χ4n) is 2.69. The number of carbonyl (C=O) groups is 1. The van der Waals surface area contributed by atoms with Crippen LogP contribution in [-0.2, 0) is 15.8 Å². The maximum atomic E-state index is 12.8. The van der Waals surface area contributed by atoms with Crippen molar-refractivity contribution in [2.24, 2.45) is 0 Å². The third kappa shape index (κ3) is 4.30. The number of nitrogens with one attached hydrogen (secondary N) is 1. The molecule has 2 aromatic carbocycles. The van der Waals surface area contributed by atoms with E-state index in [9.17, 15) is 13.2 Å². The van der Waals surface area contributed by atoms with Crippen molar-refractivity contribution >= 4 is 56.1 Å². The van der Waals surface area contributed by atoms with Crippen LogP contribution in [-0.4, -0.2) is 29.4 Å². The molecule has 0 bridgehead atoms. The summed E-state index contributed by atoms with van der Waals surface area (Å²) in [5.41, 5.74) is 1.28. The number of halogens is 1. The molecule has 8 nitrogen and oxygen atoms in total. The molecule has 0 amide bonds. The first-order valence-corrected chi connectivity index (χ1v) is 11.4. The highest BCUT2D eigenvalue weighted by atomic mass is 35.5. The van der Waals surface area contributed by atoms with E-state index in [4.69, 9.17) is 21.1 Å². The first kappa shape index (κ1) is 20.3. The Bertz CT molecular complexity index is 1310. The lowest BCUT2D eigenvalue weighted by Crippen LogP contribution is -2.12. The summed E-state index contributed by atoms with van der Waals surface area (Å²) >= 11 is 7.35. The number of benzene rings is 2. The quantitative estimate of drug-likeness (QED) is 0.391. The van der Waals surface area contributed by atoms with Gasteiger partial charge in [-0.3, -0.25) is 4.72 Å². The molecule has 4 aromatic rings. The van der Waals surface area contributed by atoms with Crippen molar-refractivity contribution in [1.82, 2.24) is 9.78 Å². The Hall–Kier alpha value is -2.95. The molecule has 0 unspecified atom stereocenters. The summed E-state index contributed by atoms with van der Waals surface area (Å²) in [6, 6.07) is 14.8. The number of fused-ring (bicyclic) bond motifs is 1. The zero-order chi connectivity index (χ0) is 21.3. The molecule has 0 saturated heterocycles. The first-order valence-electron chi connectivity index (χ1n) is 8.53. The van der Waals surface area contributed by atoms with Gasteiger partial charge in [-0.25, -0.2) is 4.79 Å². The van der Waals surface area contributed by atoms with Crippen LogP contribution in [0.5, 0.6) is 0 Å².